The molecule has 2 atom stereocenters. The lowest BCUT2D eigenvalue weighted by atomic mass is 10.1. The number of rotatable bonds is 4. The third-order valence-corrected chi connectivity index (χ3v) is 3.30. The average molecular weight is 270 g/mol. The molecule has 0 heterocycles. The zero-order valence-corrected chi connectivity index (χ0v) is 10.8. The smallest absolute Gasteiger partial charge is 0.223 e. The van der Waals surface area contributed by atoms with Crippen molar-refractivity contribution in [3.63, 3.8) is 0 Å². The van der Waals surface area contributed by atoms with E-state index in [1.165, 1.54) is 0 Å². The Kier molecular flexibility index (Phi) is 3.75. The van der Waals surface area contributed by atoms with Crippen molar-refractivity contribution in [3.8, 4) is 0 Å². The molecule has 1 N–H and O–H groups in total. The second-order valence-corrected chi connectivity index (χ2v) is 5.06. The summed E-state index contributed by atoms with van der Waals surface area (Å²) in [4.78, 5) is 11.7. The maximum absolute atomic E-state index is 11.7. The van der Waals surface area contributed by atoms with Gasteiger partial charge in [-0.1, -0.05) is 29.3 Å². The molecular weight excluding hydrogens is 257 g/mol. The molecular formula is C13H13Cl2NO. The number of carbonyl (C=O) groups excluding carboxylic acids is 1. The zero-order chi connectivity index (χ0) is 12.4. The van der Waals surface area contributed by atoms with Crippen molar-refractivity contribution in [2.45, 2.75) is 12.3 Å². The predicted octanol–water partition coefficient (Wildman–Crippen LogP) is 3.40. The lowest BCUT2D eigenvalue weighted by molar-refractivity contribution is -0.122. The van der Waals surface area contributed by atoms with Crippen molar-refractivity contribution < 1.29 is 4.79 Å². The van der Waals surface area contributed by atoms with Crippen LogP contribution in [0, 0.1) is 5.92 Å². The summed E-state index contributed by atoms with van der Waals surface area (Å²) in [5, 5.41) is 4.03. The van der Waals surface area contributed by atoms with E-state index in [2.05, 4.69) is 11.9 Å². The molecule has 17 heavy (non-hydrogen) atoms. The molecule has 0 bridgehead atoms. The van der Waals surface area contributed by atoms with E-state index in [1.54, 1.807) is 12.1 Å². The summed E-state index contributed by atoms with van der Waals surface area (Å²) in [7, 11) is 0. The number of nitrogens with one attached hydrogen (secondary N) is 1. The van der Waals surface area contributed by atoms with Gasteiger partial charge >= 0.3 is 0 Å². The number of amides is 1. The molecule has 1 saturated carbocycles. The van der Waals surface area contributed by atoms with Crippen LogP contribution in [0.5, 0.6) is 0 Å². The van der Waals surface area contributed by atoms with Crippen molar-refractivity contribution in [2.75, 3.05) is 6.54 Å². The van der Waals surface area contributed by atoms with Gasteiger partial charge in [0, 0.05) is 22.5 Å². The topological polar surface area (TPSA) is 29.1 Å². The predicted molar refractivity (Wildman–Crippen MR) is 70.5 cm³/mol. The Labute approximate surface area is 111 Å². The van der Waals surface area contributed by atoms with Gasteiger partial charge in [0.25, 0.3) is 0 Å². The molecule has 4 heteroatoms. The molecule has 1 amide bonds. The zero-order valence-electron chi connectivity index (χ0n) is 9.25. The van der Waals surface area contributed by atoms with Crippen molar-refractivity contribution in [1.82, 2.24) is 5.32 Å². The van der Waals surface area contributed by atoms with Crippen LogP contribution in [0.1, 0.15) is 17.9 Å². The molecule has 0 aromatic heterocycles. The minimum atomic E-state index is 0.0458. The Hall–Kier alpha value is -0.990. The lowest BCUT2D eigenvalue weighted by Crippen LogP contribution is -2.25. The quantitative estimate of drug-likeness (QED) is 0.835. The minimum Gasteiger partial charge on any atom is -0.352 e. The van der Waals surface area contributed by atoms with Crippen LogP contribution in [0.3, 0.4) is 0 Å². The van der Waals surface area contributed by atoms with Gasteiger partial charge in [0.1, 0.15) is 0 Å². The summed E-state index contributed by atoms with van der Waals surface area (Å²) in [6.07, 6.45) is 2.53. The third kappa shape index (κ3) is 3.02. The molecule has 0 saturated heterocycles. The summed E-state index contributed by atoms with van der Waals surface area (Å²) in [5.41, 5.74) is 1.04. The summed E-state index contributed by atoms with van der Waals surface area (Å²) in [6, 6.07) is 5.44. The lowest BCUT2D eigenvalue weighted by Gasteiger charge is -2.03. The van der Waals surface area contributed by atoms with E-state index in [1.807, 2.05) is 12.1 Å². The van der Waals surface area contributed by atoms with E-state index in [9.17, 15) is 4.79 Å². The minimum absolute atomic E-state index is 0.0458. The molecule has 2 nitrogen and oxygen atoms in total. The fraction of sp³-hybridized carbons (Fsp3) is 0.308. The van der Waals surface area contributed by atoms with Crippen LogP contribution in [0.4, 0.5) is 0 Å². The summed E-state index contributed by atoms with van der Waals surface area (Å²) in [6.45, 7) is 4.08. The first-order valence-electron chi connectivity index (χ1n) is 5.46. The van der Waals surface area contributed by atoms with Gasteiger partial charge in [-0.25, -0.2) is 0 Å². The first-order valence-corrected chi connectivity index (χ1v) is 6.22. The number of halogens is 2. The van der Waals surface area contributed by atoms with Gasteiger partial charge in [-0.05, 0) is 36.1 Å². The van der Waals surface area contributed by atoms with E-state index >= 15 is 0 Å². The van der Waals surface area contributed by atoms with Gasteiger partial charge in [-0.15, -0.1) is 6.58 Å². The Morgan fingerprint density at radius 2 is 2.06 bits per heavy atom. The van der Waals surface area contributed by atoms with Crippen molar-refractivity contribution in [2.24, 2.45) is 5.92 Å². The molecule has 0 aliphatic heterocycles. The monoisotopic (exact) mass is 269 g/mol. The number of hydrogen-bond donors (Lipinski definition) is 1. The molecule has 0 unspecified atom stereocenters. The molecule has 90 valence electrons. The third-order valence-electron chi connectivity index (χ3n) is 2.86. The number of benzene rings is 1. The fourth-order valence-electron chi connectivity index (χ4n) is 1.95. The summed E-state index contributed by atoms with van der Waals surface area (Å²) in [5.74, 6) is 0.367. The van der Waals surface area contributed by atoms with Gasteiger partial charge < -0.3 is 5.32 Å². The van der Waals surface area contributed by atoms with Crippen molar-refractivity contribution in [1.29, 1.82) is 0 Å². The Morgan fingerprint density at radius 3 is 2.65 bits per heavy atom. The van der Waals surface area contributed by atoms with E-state index in [0.29, 0.717) is 16.6 Å². The van der Waals surface area contributed by atoms with Crippen LogP contribution in [0.25, 0.3) is 0 Å². The van der Waals surface area contributed by atoms with Gasteiger partial charge in [0.15, 0.2) is 0 Å². The van der Waals surface area contributed by atoms with Gasteiger partial charge in [-0.2, -0.15) is 0 Å². The first kappa shape index (κ1) is 12.5. The van der Waals surface area contributed by atoms with Crippen LogP contribution >= 0.6 is 23.2 Å². The van der Waals surface area contributed by atoms with Gasteiger partial charge in [-0.3, -0.25) is 4.79 Å². The molecule has 1 aliphatic carbocycles. The number of carbonyl (C=O) groups is 1. The molecule has 1 fully saturated rings. The average Bonchev–Trinajstić information content (AvgIpc) is 3.04. The van der Waals surface area contributed by atoms with Crippen LogP contribution in [-0.4, -0.2) is 12.5 Å². The van der Waals surface area contributed by atoms with E-state index in [0.717, 1.165) is 12.0 Å². The molecule has 1 aromatic rings. The van der Waals surface area contributed by atoms with Gasteiger partial charge in [0.2, 0.25) is 5.91 Å². The highest BCUT2D eigenvalue weighted by Gasteiger charge is 2.43. The molecule has 0 radical (unpaired) electrons. The molecule has 0 spiro atoms. The SMILES string of the molecule is C=CCNC(=O)[C@H]1C[C@@H]1c1cc(Cl)cc(Cl)c1. The van der Waals surface area contributed by atoms with Crippen LogP contribution in [0.2, 0.25) is 10.0 Å². The van der Waals surface area contributed by atoms with Crippen molar-refractivity contribution in [3.05, 3.63) is 46.5 Å². The second kappa shape index (κ2) is 5.11. The molecule has 1 aliphatic rings. The van der Waals surface area contributed by atoms with E-state index in [4.69, 9.17) is 23.2 Å². The Bertz CT molecular complexity index is 438. The molecule has 2 rings (SSSR count). The summed E-state index contributed by atoms with van der Waals surface area (Å²) < 4.78 is 0. The highest BCUT2D eigenvalue weighted by molar-refractivity contribution is 6.34. The first-order chi connectivity index (χ1) is 8.11. The maximum Gasteiger partial charge on any atom is 0.223 e. The van der Waals surface area contributed by atoms with Crippen LogP contribution < -0.4 is 5.32 Å². The standard InChI is InChI=1S/C13H13Cl2NO/c1-2-3-16-13(17)12-7-11(12)8-4-9(14)6-10(15)5-8/h2,4-6,11-12H,1,3,7H2,(H,16,17)/t11-,12+/m1/s1. The normalized spacial score (nSPS) is 22.0. The maximum atomic E-state index is 11.7. The largest absolute Gasteiger partial charge is 0.352 e. The van der Waals surface area contributed by atoms with E-state index < -0.39 is 0 Å². The van der Waals surface area contributed by atoms with Crippen molar-refractivity contribution >= 4 is 29.1 Å². The second-order valence-electron chi connectivity index (χ2n) is 4.19. The molecule has 1 aromatic carbocycles. The van der Waals surface area contributed by atoms with Gasteiger partial charge in [0.05, 0.1) is 0 Å². The Balaban J connectivity index is 2.02. The summed E-state index contributed by atoms with van der Waals surface area (Å²) >= 11 is 11.9. The fourth-order valence-corrected chi connectivity index (χ4v) is 2.49. The Morgan fingerprint density at radius 1 is 1.41 bits per heavy atom. The highest BCUT2D eigenvalue weighted by atomic mass is 35.5. The highest BCUT2D eigenvalue weighted by Crippen LogP contribution is 2.48. The van der Waals surface area contributed by atoms with E-state index in [-0.39, 0.29) is 17.7 Å². The van der Waals surface area contributed by atoms with Crippen LogP contribution in [-0.2, 0) is 4.79 Å². The van der Waals surface area contributed by atoms with Crippen LogP contribution in [0.15, 0.2) is 30.9 Å². The number of hydrogen-bond acceptors (Lipinski definition) is 1.